The minimum absolute atomic E-state index is 0.343. The average molecular weight is 361 g/mol. The van der Waals surface area contributed by atoms with Crippen LogP contribution in [0.25, 0.3) is 10.8 Å². The molecule has 0 aliphatic carbocycles. The van der Waals surface area contributed by atoms with Crippen LogP contribution in [0.15, 0.2) is 66.7 Å². The number of rotatable bonds is 6. The van der Waals surface area contributed by atoms with Crippen LogP contribution in [0.3, 0.4) is 0 Å². The van der Waals surface area contributed by atoms with Gasteiger partial charge in [0.05, 0.1) is 0 Å². The molecule has 1 saturated heterocycles. The standard InChI is InChI=1S/C24H28N2O/c1-26(18-21-9-5-8-20-7-2-3-11-24(20)21)17-19-6-4-10-23(16-19)27-22-12-14-25-15-13-22/h2-11,16,22,25H,12-15,17-18H2,1H3. The molecule has 140 valence electrons. The fourth-order valence-corrected chi connectivity index (χ4v) is 3.91. The van der Waals surface area contributed by atoms with E-state index in [9.17, 15) is 0 Å². The first-order valence-corrected chi connectivity index (χ1v) is 9.89. The lowest BCUT2D eigenvalue weighted by molar-refractivity contribution is 0.162. The quantitative estimate of drug-likeness (QED) is 0.695. The minimum atomic E-state index is 0.343. The zero-order valence-electron chi connectivity index (χ0n) is 16.0. The van der Waals surface area contributed by atoms with E-state index < -0.39 is 0 Å². The maximum Gasteiger partial charge on any atom is 0.120 e. The first-order chi connectivity index (χ1) is 13.3. The smallest absolute Gasteiger partial charge is 0.120 e. The molecule has 3 nitrogen and oxygen atoms in total. The molecule has 4 rings (SSSR count). The van der Waals surface area contributed by atoms with Crippen molar-refractivity contribution in [1.29, 1.82) is 0 Å². The molecule has 3 aromatic rings. The van der Waals surface area contributed by atoms with Crippen LogP contribution in [0.5, 0.6) is 5.75 Å². The number of hydrogen-bond acceptors (Lipinski definition) is 3. The monoisotopic (exact) mass is 360 g/mol. The molecule has 0 aromatic heterocycles. The molecule has 3 aromatic carbocycles. The summed E-state index contributed by atoms with van der Waals surface area (Å²) in [5.74, 6) is 0.998. The van der Waals surface area contributed by atoms with Crippen LogP contribution in [-0.2, 0) is 13.1 Å². The molecule has 27 heavy (non-hydrogen) atoms. The van der Waals surface area contributed by atoms with Crippen molar-refractivity contribution in [2.45, 2.75) is 32.0 Å². The van der Waals surface area contributed by atoms with E-state index >= 15 is 0 Å². The van der Waals surface area contributed by atoms with Crippen molar-refractivity contribution in [3.05, 3.63) is 77.9 Å². The van der Waals surface area contributed by atoms with E-state index in [-0.39, 0.29) is 0 Å². The zero-order chi connectivity index (χ0) is 18.5. The van der Waals surface area contributed by atoms with E-state index in [4.69, 9.17) is 4.74 Å². The fraction of sp³-hybridized carbons (Fsp3) is 0.333. The highest BCUT2D eigenvalue weighted by Crippen LogP contribution is 2.22. The summed E-state index contributed by atoms with van der Waals surface area (Å²) < 4.78 is 6.19. The Balaban J connectivity index is 1.41. The van der Waals surface area contributed by atoms with Gasteiger partial charge in [-0.2, -0.15) is 0 Å². The minimum Gasteiger partial charge on any atom is -0.490 e. The lowest BCUT2D eigenvalue weighted by Crippen LogP contribution is -2.34. The Kier molecular flexibility index (Phi) is 5.71. The van der Waals surface area contributed by atoms with Gasteiger partial charge in [0, 0.05) is 13.1 Å². The second-order valence-corrected chi connectivity index (χ2v) is 7.53. The molecule has 1 aliphatic heterocycles. The lowest BCUT2D eigenvalue weighted by Gasteiger charge is -2.24. The summed E-state index contributed by atoms with van der Waals surface area (Å²) in [7, 11) is 2.18. The van der Waals surface area contributed by atoms with Gasteiger partial charge in [-0.25, -0.2) is 0 Å². The third kappa shape index (κ3) is 4.68. The summed E-state index contributed by atoms with van der Waals surface area (Å²) in [4.78, 5) is 2.37. The van der Waals surface area contributed by atoms with Gasteiger partial charge in [0.25, 0.3) is 0 Å². The van der Waals surface area contributed by atoms with E-state index in [1.165, 1.54) is 21.9 Å². The number of nitrogens with one attached hydrogen (secondary N) is 1. The largest absolute Gasteiger partial charge is 0.490 e. The average Bonchev–Trinajstić information content (AvgIpc) is 2.69. The Hall–Kier alpha value is -2.36. The highest BCUT2D eigenvalue weighted by Gasteiger charge is 2.14. The number of benzene rings is 3. The highest BCUT2D eigenvalue weighted by molar-refractivity contribution is 5.85. The van der Waals surface area contributed by atoms with Crippen molar-refractivity contribution in [1.82, 2.24) is 10.2 Å². The van der Waals surface area contributed by atoms with Crippen LogP contribution in [0.1, 0.15) is 24.0 Å². The van der Waals surface area contributed by atoms with Crippen molar-refractivity contribution < 1.29 is 4.74 Å². The summed E-state index contributed by atoms with van der Waals surface area (Å²) in [5.41, 5.74) is 2.67. The molecule has 0 spiro atoms. The Labute approximate surface area is 162 Å². The third-order valence-electron chi connectivity index (χ3n) is 5.26. The number of piperidine rings is 1. The normalized spacial score (nSPS) is 15.3. The summed E-state index contributed by atoms with van der Waals surface area (Å²) in [6.45, 7) is 3.95. The van der Waals surface area contributed by atoms with Crippen LogP contribution in [0, 0.1) is 0 Å². The van der Waals surface area contributed by atoms with Gasteiger partial charge in [-0.05, 0) is 67.0 Å². The Bertz CT molecular complexity index is 881. The van der Waals surface area contributed by atoms with E-state index in [2.05, 4.69) is 84.0 Å². The van der Waals surface area contributed by atoms with Crippen LogP contribution in [-0.4, -0.2) is 31.1 Å². The number of fused-ring (bicyclic) bond motifs is 1. The molecule has 0 radical (unpaired) electrons. The van der Waals surface area contributed by atoms with Gasteiger partial charge in [-0.3, -0.25) is 4.90 Å². The molecule has 0 amide bonds. The molecule has 1 heterocycles. The molecule has 1 N–H and O–H groups in total. The third-order valence-corrected chi connectivity index (χ3v) is 5.26. The first-order valence-electron chi connectivity index (χ1n) is 9.89. The van der Waals surface area contributed by atoms with Crippen molar-refractivity contribution in [3.63, 3.8) is 0 Å². The second-order valence-electron chi connectivity index (χ2n) is 7.53. The van der Waals surface area contributed by atoms with Crippen LogP contribution in [0.4, 0.5) is 0 Å². The summed E-state index contributed by atoms with van der Waals surface area (Å²) in [6.07, 6.45) is 2.52. The maximum absolute atomic E-state index is 6.19. The predicted octanol–water partition coefficient (Wildman–Crippen LogP) is 4.60. The molecular weight excluding hydrogens is 332 g/mol. The number of ether oxygens (including phenoxy) is 1. The van der Waals surface area contributed by atoms with Crippen molar-refractivity contribution >= 4 is 10.8 Å². The SMILES string of the molecule is CN(Cc1cccc(OC2CCNCC2)c1)Cc1cccc2ccccc12. The van der Waals surface area contributed by atoms with Gasteiger partial charge in [0.1, 0.15) is 11.9 Å². The Morgan fingerprint density at radius 3 is 2.59 bits per heavy atom. The Morgan fingerprint density at radius 2 is 1.70 bits per heavy atom. The summed E-state index contributed by atoms with van der Waals surface area (Å²) in [5, 5.41) is 6.04. The van der Waals surface area contributed by atoms with Gasteiger partial charge < -0.3 is 10.1 Å². The second kappa shape index (κ2) is 8.55. The van der Waals surface area contributed by atoms with Gasteiger partial charge in [0.15, 0.2) is 0 Å². The molecule has 1 fully saturated rings. The lowest BCUT2D eigenvalue weighted by atomic mass is 10.0. The maximum atomic E-state index is 6.19. The molecule has 0 bridgehead atoms. The molecule has 0 atom stereocenters. The predicted molar refractivity (Wildman–Crippen MR) is 112 cm³/mol. The number of nitrogens with zero attached hydrogens (tertiary/aromatic N) is 1. The van der Waals surface area contributed by atoms with E-state index in [1.807, 2.05) is 0 Å². The van der Waals surface area contributed by atoms with Crippen LogP contribution >= 0.6 is 0 Å². The topological polar surface area (TPSA) is 24.5 Å². The van der Waals surface area contributed by atoms with E-state index in [1.54, 1.807) is 0 Å². The molecule has 0 unspecified atom stereocenters. The zero-order valence-corrected chi connectivity index (χ0v) is 16.0. The van der Waals surface area contributed by atoms with Crippen molar-refractivity contribution in [3.8, 4) is 5.75 Å². The van der Waals surface area contributed by atoms with Crippen molar-refractivity contribution in [2.75, 3.05) is 20.1 Å². The van der Waals surface area contributed by atoms with Crippen LogP contribution in [0.2, 0.25) is 0 Å². The molecule has 3 heteroatoms. The van der Waals surface area contributed by atoms with E-state index in [0.29, 0.717) is 6.10 Å². The summed E-state index contributed by atoms with van der Waals surface area (Å²) >= 11 is 0. The summed E-state index contributed by atoms with van der Waals surface area (Å²) in [6, 6.07) is 23.8. The van der Waals surface area contributed by atoms with Crippen molar-refractivity contribution in [2.24, 2.45) is 0 Å². The molecular formula is C24H28N2O. The first kappa shape index (κ1) is 18.0. The van der Waals surface area contributed by atoms with Gasteiger partial charge in [0.2, 0.25) is 0 Å². The molecule has 1 aliphatic rings. The number of hydrogen-bond donors (Lipinski definition) is 1. The van der Waals surface area contributed by atoms with Gasteiger partial charge >= 0.3 is 0 Å². The fourth-order valence-electron chi connectivity index (χ4n) is 3.91. The van der Waals surface area contributed by atoms with E-state index in [0.717, 1.165) is 44.8 Å². The highest BCUT2D eigenvalue weighted by atomic mass is 16.5. The van der Waals surface area contributed by atoms with Gasteiger partial charge in [-0.15, -0.1) is 0 Å². The molecule has 0 saturated carbocycles. The van der Waals surface area contributed by atoms with Crippen LogP contribution < -0.4 is 10.1 Å². The van der Waals surface area contributed by atoms with Gasteiger partial charge in [-0.1, -0.05) is 54.6 Å². The Morgan fingerprint density at radius 1 is 0.926 bits per heavy atom.